The first-order valence-electron chi connectivity index (χ1n) is 3.88. The Morgan fingerprint density at radius 2 is 2.27 bits per heavy atom. The second-order valence-corrected chi connectivity index (χ2v) is 3.34. The Morgan fingerprint density at radius 1 is 1.47 bits per heavy atom. The van der Waals surface area contributed by atoms with E-state index in [4.69, 9.17) is 19.9 Å². The lowest BCUT2D eigenvalue weighted by atomic mass is 10.4. The molecule has 6 nitrogen and oxygen atoms in total. The number of hydrazine groups is 1. The van der Waals surface area contributed by atoms with Crippen molar-refractivity contribution >= 4 is 21.8 Å². The molecule has 3 N–H and O–H groups in total. The summed E-state index contributed by atoms with van der Waals surface area (Å²) in [4.78, 5) is 3.90. The SMILES string of the molecule is N#Cc1nc(-c2ccc(Br)o2)oc1NN. The number of nitrogens with one attached hydrogen (secondary N) is 1. The number of nitriles is 1. The van der Waals surface area contributed by atoms with Gasteiger partial charge in [0, 0.05) is 0 Å². The summed E-state index contributed by atoms with van der Waals surface area (Å²) in [7, 11) is 0. The van der Waals surface area contributed by atoms with Gasteiger partial charge in [0.05, 0.1) is 0 Å². The highest BCUT2D eigenvalue weighted by atomic mass is 79.9. The minimum Gasteiger partial charge on any atom is -0.444 e. The van der Waals surface area contributed by atoms with E-state index in [1.165, 1.54) is 0 Å². The first kappa shape index (κ1) is 9.76. The van der Waals surface area contributed by atoms with Gasteiger partial charge < -0.3 is 8.83 Å². The van der Waals surface area contributed by atoms with E-state index in [2.05, 4.69) is 26.3 Å². The van der Waals surface area contributed by atoms with Gasteiger partial charge in [-0.05, 0) is 28.1 Å². The van der Waals surface area contributed by atoms with Crippen LogP contribution < -0.4 is 11.3 Å². The van der Waals surface area contributed by atoms with E-state index in [0.717, 1.165) is 0 Å². The number of furan rings is 1. The van der Waals surface area contributed by atoms with Crippen molar-refractivity contribution in [1.82, 2.24) is 4.98 Å². The van der Waals surface area contributed by atoms with Crippen molar-refractivity contribution in [1.29, 1.82) is 5.26 Å². The molecule has 0 aliphatic rings. The molecule has 0 fully saturated rings. The van der Waals surface area contributed by atoms with Crippen LogP contribution in [0.4, 0.5) is 5.88 Å². The fourth-order valence-electron chi connectivity index (χ4n) is 1.03. The summed E-state index contributed by atoms with van der Waals surface area (Å²) in [5.74, 6) is 5.88. The molecule has 2 aromatic heterocycles. The van der Waals surface area contributed by atoms with E-state index in [9.17, 15) is 0 Å². The van der Waals surface area contributed by atoms with Crippen LogP contribution in [0.15, 0.2) is 25.6 Å². The van der Waals surface area contributed by atoms with E-state index in [-0.39, 0.29) is 17.5 Å². The molecule has 0 saturated heterocycles. The summed E-state index contributed by atoms with van der Waals surface area (Å²) in [5, 5.41) is 8.71. The molecule has 2 aromatic rings. The van der Waals surface area contributed by atoms with Gasteiger partial charge in [-0.3, -0.25) is 5.43 Å². The van der Waals surface area contributed by atoms with Gasteiger partial charge in [-0.25, -0.2) is 5.84 Å². The smallest absolute Gasteiger partial charge is 0.266 e. The molecule has 15 heavy (non-hydrogen) atoms. The van der Waals surface area contributed by atoms with E-state index in [0.29, 0.717) is 10.4 Å². The fraction of sp³-hybridized carbons (Fsp3) is 0. The van der Waals surface area contributed by atoms with Crippen LogP contribution in [0.25, 0.3) is 11.7 Å². The highest BCUT2D eigenvalue weighted by Gasteiger charge is 2.15. The van der Waals surface area contributed by atoms with Crippen LogP contribution in [0.3, 0.4) is 0 Å². The van der Waals surface area contributed by atoms with Crippen LogP contribution in [-0.2, 0) is 0 Å². The normalized spacial score (nSPS) is 9.93. The Kier molecular flexibility index (Phi) is 2.45. The average molecular weight is 269 g/mol. The first-order chi connectivity index (χ1) is 7.24. The van der Waals surface area contributed by atoms with Crippen LogP contribution in [0.1, 0.15) is 5.69 Å². The molecule has 0 aliphatic heterocycles. The van der Waals surface area contributed by atoms with Crippen molar-refractivity contribution in [3.63, 3.8) is 0 Å². The predicted molar refractivity (Wildman–Crippen MR) is 54.4 cm³/mol. The molecule has 2 rings (SSSR count). The summed E-state index contributed by atoms with van der Waals surface area (Å²) < 4.78 is 10.9. The van der Waals surface area contributed by atoms with Crippen LogP contribution in [0.5, 0.6) is 0 Å². The topological polar surface area (TPSA) is 101 Å². The van der Waals surface area contributed by atoms with Gasteiger partial charge in [0.2, 0.25) is 11.6 Å². The molecule has 0 atom stereocenters. The molecular formula is C8H5BrN4O2. The summed E-state index contributed by atoms with van der Waals surface area (Å²) >= 11 is 3.15. The number of nitrogens with zero attached hydrogens (tertiary/aromatic N) is 2. The standard InChI is InChI=1S/C8H5BrN4O2/c9-6-2-1-5(14-6)8-12-4(3-10)7(13-11)15-8/h1-2,13H,11H2. The minimum absolute atomic E-state index is 0.0834. The zero-order valence-electron chi connectivity index (χ0n) is 7.32. The monoisotopic (exact) mass is 268 g/mol. The number of oxazole rings is 1. The Balaban J connectivity index is 2.46. The Morgan fingerprint density at radius 3 is 2.73 bits per heavy atom. The molecular weight excluding hydrogens is 264 g/mol. The number of hydrogen-bond donors (Lipinski definition) is 2. The lowest BCUT2D eigenvalue weighted by Crippen LogP contribution is -2.06. The highest BCUT2D eigenvalue weighted by Crippen LogP contribution is 2.27. The summed E-state index contributed by atoms with van der Waals surface area (Å²) in [6.45, 7) is 0. The molecule has 0 bridgehead atoms. The minimum atomic E-state index is 0.0834. The summed E-state index contributed by atoms with van der Waals surface area (Å²) in [5.41, 5.74) is 2.32. The number of rotatable bonds is 2. The van der Waals surface area contributed by atoms with Crippen molar-refractivity contribution in [2.45, 2.75) is 0 Å². The Labute approximate surface area is 92.8 Å². The second-order valence-electron chi connectivity index (χ2n) is 2.56. The number of nitrogen functional groups attached to an aromatic ring is 1. The van der Waals surface area contributed by atoms with Crippen molar-refractivity contribution < 1.29 is 8.83 Å². The van der Waals surface area contributed by atoms with Crippen LogP contribution >= 0.6 is 15.9 Å². The third-order valence-electron chi connectivity index (χ3n) is 1.65. The average Bonchev–Trinajstić information content (AvgIpc) is 2.82. The third-order valence-corrected chi connectivity index (χ3v) is 2.07. The molecule has 0 aliphatic carbocycles. The lowest BCUT2D eigenvalue weighted by Gasteiger charge is -1.90. The molecule has 0 spiro atoms. The zero-order chi connectivity index (χ0) is 10.8. The quantitative estimate of drug-likeness (QED) is 0.637. The summed E-state index contributed by atoms with van der Waals surface area (Å²) in [6, 6.07) is 5.20. The molecule has 0 radical (unpaired) electrons. The number of halogens is 1. The molecule has 76 valence electrons. The van der Waals surface area contributed by atoms with Crippen molar-refractivity contribution in [3.05, 3.63) is 22.5 Å². The van der Waals surface area contributed by atoms with E-state index in [1.807, 2.05) is 6.07 Å². The van der Waals surface area contributed by atoms with Gasteiger partial charge in [-0.1, -0.05) is 0 Å². The Bertz CT molecular complexity index is 525. The number of aromatic nitrogens is 1. The van der Waals surface area contributed by atoms with Gasteiger partial charge in [-0.15, -0.1) is 0 Å². The molecule has 0 unspecified atom stereocenters. The highest BCUT2D eigenvalue weighted by molar-refractivity contribution is 9.10. The van der Waals surface area contributed by atoms with Gasteiger partial charge >= 0.3 is 0 Å². The van der Waals surface area contributed by atoms with Crippen molar-refractivity contribution in [2.75, 3.05) is 5.43 Å². The fourth-order valence-corrected chi connectivity index (χ4v) is 1.33. The van der Waals surface area contributed by atoms with E-state index in [1.54, 1.807) is 12.1 Å². The third kappa shape index (κ3) is 1.72. The maximum Gasteiger partial charge on any atom is 0.266 e. The van der Waals surface area contributed by atoms with Crippen LogP contribution in [0.2, 0.25) is 0 Å². The van der Waals surface area contributed by atoms with Gasteiger partial charge in [0.1, 0.15) is 6.07 Å². The molecule has 7 heteroatoms. The second kappa shape index (κ2) is 3.76. The first-order valence-corrected chi connectivity index (χ1v) is 4.67. The maximum atomic E-state index is 8.71. The largest absolute Gasteiger partial charge is 0.444 e. The number of nitrogens with two attached hydrogens (primary N) is 1. The predicted octanol–water partition coefficient (Wildman–Crippen LogP) is 1.85. The maximum absolute atomic E-state index is 8.71. The molecule has 0 amide bonds. The van der Waals surface area contributed by atoms with E-state index < -0.39 is 0 Å². The Hall–Kier alpha value is -1.78. The number of hydrogen-bond acceptors (Lipinski definition) is 6. The van der Waals surface area contributed by atoms with Gasteiger partial charge in [0.25, 0.3) is 5.89 Å². The zero-order valence-corrected chi connectivity index (χ0v) is 8.91. The molecule has 2 heterocycles. The van der Waals surface area contributed by atoms with Crippen molar-refractivity contribution in [2.24, 2.45) is 5.84 Å². The van der Waals surface area contributed by atoms with Gasteiger partial charge in [0.15, 0.2) is 10.4 Å². The lowest BCUT2D eigenvalue weighted by molar-refractivity contribution is 0.509. The van der Waals surface area contributed by atoms with Crippen molar-refractivity contribution in [3.8, 4) is 17.7 Å². The molecule has 0 aromatic carbocycles. The van der Waals surface area contributed by atoms with E-state index >= 15 is 0 Å². The molecule has 0 saturated carbocycles. The number of anilines is 1. The van der Waals surface area contributed by atoms with Crippen LogP contribution in [-0.4, -0.2) is 4.98 Å². The van der Waals surface area contributed by atoms with Gasteiger partial charge in [-0.2, -0.15) is 10.2 Å². The summed E-state index contributed by atoms with van der Waals surface area (Å²) in [6.07, 6.45) is 0. The van der Waals surface area contributed by atoms with Crippen LogP contribution in [0, 0.1) is 11.3 Å².